The van der Waals surface area contributed by atoms with E-state index in [9.17, 15) is 13.2 Å². The maximum absolute atomic E-state index is 12.5. The highest BCUT2D eigenvalue weighted by Gasteiger charge is 2.28. The first kappa shape index (κ1) is 19.3. The molecular formula is C18H18ClN3O4S. The lowest BCUT2D eigenvalue weighted by Gasteiger charge is -2.20. The Bertz CT molecular complexity index is 977. The van der Waals surface area contributed by atoms with Crippen LogP contribution in [0.3, 0.4) is 0 Å². The number of rotatable bonds is 6. The second kappa shape index (κ2) is 8.08. The third-order valence-corrected chi connectivity index (χ3v) is 5.60. The van der Waals surface area contributed by atoms with Crippen LogP contribution in [0.25, 0.3) is 0 Å². The lowest BCUT2D eigenvalue weighted by Crippen LogP contribution is -2.40. The Hall–Kier alpha value is -2.42. The fourth-order valence-corrected chi connectivity index (χ4v) is 4.11. The number of nitrogens with zero attached hydrogens (tertiary/aromatic N) is 1. The number of ether oxygens (including phenoxy) is 1. The van der Waals surface area contributed by atoms with Gasteiger partial charge >= 0.3 is 0 Å². The van der Waals surface area contributed by atoms with Gasteiger partial charge in [-0.1, -0.05) is 41.9 Å². The molecule has 0 saturated heterocycles. The summed E-state index contributed by atoms with van der Waals surface area (Å²) >= 11 is 5.84. The van der Waals surface area contributed by atoms with E-state index in [1.807, 2.05) is 30.3 Å². The fourth-order valence-electron chi connectivity index (χ4n) is 2.73. The summed E-state index contributed by atoms with van der Waals surface area (Å²) in [5.74, 6) is -0.975. The molecule has 2 aromatic carbocycles. The number of hydrogen-bond acceptors (Lipinski definition) is 5. The topological polar surface area (TPSA) is 96.9 Å². The van der Waals surface area contributed by atoms with Crippen molar-refractivity contribution < 1.29 is 17.9 Å². The number of amidine groups is 1. The van der Waals surface area contributed by atoms with Gasteiger partial charge in [-0.2, -0.15) is 8.42 Å². The quantitative estimate of drug-likeness (QED) is 0.766. The third kappa shape index (κ3) is 4.47. The van der Waals surface area contributed by atoms with Gasteiger partial charge in [0.25, 0.3) is 15.9 Å². The average molecular weight is 408 g/mol. The zero-order valence-corrected chi connectivity index (χ0v) is 16.0. The SMILES string of the molecule is COCC(CNC(=O)C1=NS(=O)(=O)c2cc(Cl)ccc2N1)c1ccccc1. The summed E-state index contributed by atoms with van der Waals surface area (Å²) in [7, 11) is -2.42. The molecule has 0 saturated carbocycles. The summed E-state index contributed by atoms with van der Waals surface area (Å²) < 4.78 is 33.4. The van der Waals surface area contributed by atoms with Gasteiger partial charge in [0.05, 0.1) is 12.3 Å². The molecule has 1 aliphatic heterocycles. The number of halogens is 1. The molecule has 0 spiro atoms. The lowest BCUT2D eigenvalue weighted by atomic mass is 10.00. The van der Waals surface area contributed by atoms with Crippen LogP contribution in [0, 0.1) is 0 Å². The van der Waals surface area contributed by atoms with E-state index in [4.69, 9.17) is 16.3 Å². The molecule has 0 aromatic heterocycles. The van der Waals surface area contributed by atoms with Crippen molar-refractivity contribution in [3.63, 3.8) is 0 Å². The lowest BCUT2D eigenvalue weighted by molar-refractivity contribution is -0.114. The molecule has 1 atom stereocenters. The number of benzene rings is 2. The van der Waals surface area contributed by atoms with Crippen molar-refractivity contribution in [2.75, 3.05) is 25.6 Å². The highest BCUT2D eigenvalue weighted by Crippen LogP contribution is 2.29. The standard InChI is InChI=1S/C18H18ClN3O4S/c1-26-11-13(12-5-3-2-4-6-12)10-20-18(23)17-21-15-8-7-14(19)9-16(15)27(24,25)22-17/h2-9,13H,10-11H2,1H3,(H,20,23)(H,21,22). The third-order valence-electron chi connectivity index (χ3n) is 4.05. The summed E-state index contributed by atoms with van der Waals surface area (Å²) in [6, 6.07) is 13.9. The van der Waals surface area contributed by atoms with Crippen LogP contribution < -0.4 is 10.6 Å². The van der Waals surface area contributed by atoms with Crippen LogP contribution in [0.15, 0.2) is 57.8 Å². The Kier molecular flexibility index (Phi) is 5.79. The van der Waals surface area contributed by atoms with Crippen molar-refractivity contribution in [2.24, 2.45) is 4.40 Å². The minimum Gasteiger partial charge on any atom is -0.384 e. The molecule has 1 unspecified atom stereocenters. The van der Waals surface area contributed by atoms with Gasteiger partial charge in [0.2, 0.25) is 5.84 Å². The van der Waals surface area contributed by atoms with Crippen molar-refractivity contribution in [3.05, 3.63) is 59.1 Å². The van der Waals surface area contributed by atoms with Gasteiger partial charge in [0, 0.05) is 24.6 Å². The van der Waals surface area contributed by atoms with Gasteiger partial charge in [-0.05, 0) is 23.8 Å². The van der Waals surface area contributed by atoms with Crippen molar-refractivity contribution in [1.29, 1.82) is 0 Å². The molecule has 1 amide bonds. The summed E-state index contributed by atoms with van der Waals surface area (Å²) in [5, 5.41) is 5.73. The van der Waals surface area contributed by atoms with Gasteiger partial charge < -0.3 is 15.4 Å². The van der Waals surface area contributed by atoms with Crippen LogP contribution in [0.2, 0.25) is 5.02 Å². The Morgan fingerprint density at radius 3 is 2.70 bits per heavy atom. The molecule has 1 aliphatic rings. The van der Waals surface area contributed by atoms with E-state index < -0.39 is 15.9 Å². The van der Waals surface area contributed by atoms with E-state index in [1.165, 1.54) is 18.2 Å². The highest BCUT2D eigenvalue weighted by atomic mass is 35.5. The zero-order valence-electron chi connectivity index (χ0n) is 14.5. The van der Waals surface area contributed by atoms with Crippen molar-refractivity contribution in [3.8, 4) is 0 Å². The number of nitrogens with one attached hydrogen (secondary N) is 2. The molecule has 0 radical (unpaired) electrons. The monoisotopic (exact) mass is 407 g/mol. The molecule has 3 rings (SSSR count). The van der Waals surface area contributed by atoms with Crippen molar-refractivity contribution in [2.45, 2.75) is 10.8 Å². The van der Waals surface area contributed by atoms with Crippen molar-refractivity contribution >= 4 is 39.1 Å². The minimum atomic E-state index is -4.00. The number of amides is 1. The van der Waals surface area contributed by atoms with Crippen LogP contribution in [0.1, 0.15) is 11.5 Å². The number of carbonyl (C=O) groups excluding carboxylic acids is 1. The second-order valence-corrected chi connectivity index (χ2v) is 7.96. The molecule has 9 heteroatoms. The Morgan fingerprint density at radius 1 is 1.26 bits per heavy atom. The van der Waals surface area contributed by atoms with Gasteiger partial charge in [-0.3, -0.25) is 4.79 Å². The second-order valence-electron chi connectivity index (χ2n) is 5.95. The van der Waals surface area contributed by atoms with Crippen LogP contribution in [0.4, 0.5) is 5.69 Å². The molecule has 0 fully saturated rings. The molecule has 7 nitrogen and oxygen atoms in total. The van der Waals surface area contributed by atoms with Gasteiger partial charge in [-0.15, -0.1) is 4.40 Å². The first-order chi connectivity index (χ1) is 12.9. The number of methoxy groups -OCH3 is 1. The maximum Gasteiger partial charge on any atom is 0.287 e. The van der Waals surface area contributed by atoms with Gasteiger partial charge in [0.15, 0.2) is 0 Å². The van der Waals surface area contributed by atoms with E-state index in [0.29, 0.717) is 6.61 Å². The predicted octanol–water partition coefficient (Wildman–Crippen LogP) is 2.40. The van der Waals surface area contributed by atoms with Crippen LogP contribution in [0.5, 0.6) is 0 Å². The predicted molar refractivity (Wildman–Crippen MR) is 104 cm³/mol. The molecule has 2 N–H and O–H groups in total. The van der Waals surface area contributed by atoms with E-state index in [1.54, 1.807) is 7.11 Å². The summed E-state index contributed by atoms with van der Waals surface area (Å²) in [6.45, 7) is 0.675. The molecule has 27 heavy (non-hydrogen) atoms. The first-order valence-electron chi connectivity index (χ1n) is 8.14. The molecular weight excluding hydrogens is 390 g/mol. The number of anilines is 1. The average Bonchev–Trinajstić information content (AvgIpc) is 2.65. The fraction of sp³-hybridized carbons (Fsp3) is 0.222. The number of fused-ring (bicyclic) bond motifs is 1. The number of sulfonamides is 1. The first-order valence-corrected chi connectivity index (χ1v) is 9.96. The normalized spacial score (nSPS) is 15.9. The Balaban J connectivity index is 1.75. The maximum atomic E-state index is 12.5. The smallest absolute Gasteiger partial charge is 0.287 e. The Morgan fingerprint density at radius 2 is 2.00 bits per heavy atom. The number of carbonyl (C=O) groups is 1. The molecule has 0 bridgehead atoms. The largest absolute Gasteiger partial charge is 0.384 e. The molecule has 142 valence electrons. The highest BCUT2D eigenvalue weighted by molar-refractivity contribution is 7.90. The number of hydrogen-bond donors (Lipinski definition) is 2. The minimum absolute atomic E-state index is 0.0619. The van der Waals surface area contributed by atoms with Gasteiger partial charge in [-0.25, -0.2) is 0 Å². The molecule has 1 heterocycles. The van der Waals surface area contributed by atoms with Gasteiger partial charge in [0.1, 0.15) is 4.90 Å². The van der Waals surface area contributed by atoms with Crippen LogP contribution >= 0.6 is 11.6 Å². The summed E-state index contributed by atoms with van der Waals surface area (Å²) in [5.41, 5.74) is 1.27. The molecule has 0 aliphatic carbocycles. The van der Waals surface area contributed by atoms with E-state index >= 15 is 0 Å². The Labute approximate surface area is 162 Å². The zero-order chi connectivity index (χ0) is 19.4. The van der Waals surface area contributed by atoms with E-state index in [-0.39, 0.29) is 33.9 Å². The van der Waals surface area contributed by atoms with E-state index in [0.717, 1.165) is 5.56 Å². The van der Waals surface area contributed by atoms with Crippen molar-refractivity contribution in [1.82, 2.24) is 5.32 Å². The van der Waals surface area contributed by atoms with E-state index in [2.05, 4.69) is 15.0 Å². The summed E-state index contributed by atoms with van der Waals surface area (Å²) in [6.07, 6.45) is 0. The van der Waals surface area contributed by atoms with Crippen LogP contribution in [-0.4, -0.2) is 40.4 Å². The summed E-state index contributed by atoms with van der Waals surface area (Å²) in [4.78, 5) is 12.4. The van der Waals surface area contributed by atoms with Crippen LogP contribution in [-0.2, 0) is 19.6 Å². The molecule has 2 aromatic rings.